The van der Waals surface area contributed by atoms with Gasteiger partial charge in [0.1, 0.15) is 5.75 Å². The van der Waals surface area contributed by atoms with Crippen molar-refractivity contribution < 1.29 is 29.0 Å². The van der Waals surface area contributed by atoms with E-state index in [2.05, 4.69) is 10.2 Å². The van der Waals surface area contributed by atoms with Gasteiger partial charge in [-0.2, -0.15) is 0 Å². The van der Waals surface area contributed by atoms with Gasteiger partial charge in [0.2, 0.25) is 0 Å². The van der Waals surface area contributed by atoms with Crippen LogP contribution in [0.4, 0.5) is 11.4 Å². The van der Waals surface area contributed by atoms with Crippen molar-refractivity contribution in [3.05, 3.63) is 114 Å². The molecule has 4 aromatic rings. The molecule has 4 aromatic carbocycles. The Morgan fingerprint density at radius 2 is 1.55 bits per heavy atom. The van der Waals surface area contributed by atoms with E-state index in [9.17, 15) is 19.5 Å². The first-order valence-corrected chi connectivity index (χ1v) is 14.6. The molecule has 0 unspecified atom stereocenters. The molecule has 9 heteroatoms. The summed E-state index contributed by atoms with van der Waals surface area (Å²) in [6.07, 6.45) is -0.154. The van der Waals surface area contributed by atoms with Crippen LogP contribution in [0.15, 0.2) is 103 Å². The van der Waals surface area contributed by atoms with Crippen LogP contribution in [-0.2, 0) is 20.9 Å². The number of morpholine rings is 1. The highest BCUT2D eigenvalue weighted by Gasteiger charge is 2.19. The number of nitrogens with one attached hydrogen (secondary N) is 1. The van der Waals surface area contributed by atoms with E-state index in [1.54, 1.807) is 41.3 Å². The third kappa shape index (κ3) is 8.23. The number of anilines is 2. The number of carbonyl (C=O) groups is 3. The molecule has 0 aliphatic carbocycles. The molecular weight excluding hydrogens is 558 g/mol. The zero-order chi connectivity index (χ0) is 30.7. The maximum Gasteiger partial charge on any atom is 0.305 e. The summed E-state index contributed by atoms with van der Waals surface area (Å²) in [6, 6.07) is 31.8. The van der Waals surface area contributed by atoms with E-state index < -0.39 is 5.97 Å². The predicted molar refractivity (Wildman–Crippen MR) is 169 cm³/mol. The van der Waals surface area contributed by atoms with Crippen LogP contribution in [0.5, 0.6) is 5.75 Å². The van der Waals surface area contributed by atoms with Crippen molar-refractivity contribution in [1.29, 1.82) is 0 Å². The number of ether oxygens (including phenoxy) is 2. The first-order valence-electron chi connectivity index (χ1n) is 14.6. The van der Waals surface area contributed by atoms with Gasteiger partial charge in [-0.15, -0.1) is 0 Å². The van der Waals surface area contributed by atoms with E-state index in [1.807, 2.05) is 66.7 Å². The maximum atomic E-state index is 13.3. The fourth-order valence-electron chi connectivity index (χ4n) is 5.06. The van der Waals surface area contributed by atoms with Gasteiger partial charge in [-0.05, 0) is 59.2 Å². The third-order valence-electron chi connectivity index (χ3n) is 7.27. The van der Waals surface area contributed by atoms with E-state index in [4.69, 9.17) is 9.47 Å². The van der Waals surface area contributed by atoms with Gasteiger partial charge in [0.05, 0.1) is 31.0 Å². The quantitative estimate of drug-likeness (QED) is 0.229. The molecule has 9 nitrogen and oxygen atoms in total. The number of hydrogen-bond acceptors (Lipinski definition) is 6. The van der Waals surface area contributed by atoms with Gasteiger partial charge >= 0.3 is 5.97 Å². The van der Waals surface area contributed by atoms with Gasteiger partial charge in [-0.3, -0.25) is 14.4 Å². The lowest BCUT2D eigenvalue weighted by atomic mass is 10.0. The molecule has 1 saturated heterocycles. The van der Waals surface area contributed by atoms with E-state index in [-0.39, 0.29) is 37.9 Å². The molecular formula is C35H35N3O6. The number of amides is 2. The molecule has 0 bridgehead atoms. The second kappa shape index (κ2) is 14.8. The minimum Gasteiger partial charge on any atom is -0.484 e. The number of nitrogens with zero attached hydrogens (tertiary/aromatic N) is 2. The number of rotatable bonds is 12. The molecule has 0 spiro atoms. The minimum atomic E-state index is -0.964. The van der Waals surface area contributed by atoms with Crippen LogP contribution < -0.4 is 15.0 Å². The Hall–Kier alpha value is -5.15. The Balaban J connectivity index is 1.38. The summed E-state index contributed by atoms with van der Waals surface area (Å²) in [5.74, 6) is -0.851. The lowest BCUT2D eigenvalue weighted by Crippen LogP contribution is -2.37. The fraction of sp³-hybridized carbons (Fsp3) is 0.229. The van der Waals surface area contributed by atoms with E-state index in [0.29, 0.717) is 43.3 Å². The lowest BCUT2D eigenvalue weighted by Gasteiger charge is -2.31. The first-order chi connectivity index (χ1) is 21.5. The van der Waals surface area contributed by atoms with E-state index >= 15 is 0 Å². The van der Waals surface area contributed by atoms with Gasteiger partial charge in [0, 0.05) is 31.7 Å². The maximum absolute atomic E-state index is 13.3. The zero-order valence-corrected chi connectivity index (χ0v) is 24.4. The molecule has 0 saturated carbocycles. The Labute approximate surface area is 256 Å². The minimum absolute atomic E-state index is 0.0861. The lowest BCUT2D eigenvalue weighted by molar-refractivity contribution is -0.137. The number of carbonyl (C=O) groups excluding carboxylic acids is 2. The molecule has 5 rings (SSSR count). The van der Waals surface area contributed by atoms with E-state index in [0.717, 1.165) is 22.4 Å². The van der Waals surface area contributed by atoms with Crippen LogP contribution in [0.3, 0.4) is 0 Å². The molecule has 1 aliphatic heterocycles. The topological polar surface area (TPSA) is 108 Å². The molecule has 2 N–H and O–H groups in total. The summed E-state index contributed by atoms with van der Waals surface area (Å²) in [5.41, 5.74) is 4.71. The monoisotopic (exact) mass is 593 g/mol. The second-order valence-corrected chi connectivity index (χ2v) is 10.4. The Bertz CT molecular complexity index is 1570. The largest absolute Gasteiger partial charge is 0.484 e. The number of hydrogen-bond donors (Lipinski definition) is 2. The van der Waals surface area contributed by atoms with Crippen molar-refractivity contribution in [3.8, 4) is 16.9 Å². The summed E-state index contributed by atoms with van der Waals surface area (Å²) in [7, 11) is 0. The molecule has 226 valence electrons. The van der Waals surface area contributed by atoms with Crippen LogP contribution in [0.2, 0.25) is 0 Å². The summed E-state index contributed by atoms with van der Waals surface area (Å²) < 4.78 is 11.2. The molecule has 0 radical (unpaired) electrons. The van der Waals surface area contributed by atoms with Crippen LogP contribution >= 0.6 is 0 Å². The predicted octanol–water partition coefficient (Wildman–Crippen LogP) is 5.32. The van der Waals surface area contributed by atoms with E-state index in [1.165, 1.54) is 0 Å². The average Bonchev–Trinajstić information content (AvgIpc) is 3.06. The van der Waals surface area contributed by atoms with Crippen LogP contribution in [0.25, 0.3) is 11.1 Å². The van der Waals surface area contributed by atoms with Gasteiger partial charge < -0.3 is 29.7 Å². The van der Waals surface area contributed by atoms with Crippen LogP contribution in [-0.4, -0.2) is 67.2 Å². The van der Waals surface area contributed by atoms with Crippen molar-refractivity contribution in [3.63, 3.8) is 0 Å². The highest BCUT2D eigenvalue weighted by Crippen LogP contribution is 2.33. The molecule has 44 heavy (non-hydrogen) atoms. The van der Waals surface area contributed by atoms with Crippen molar-refractivity contribution in [2.24, 2.45) is 0 Å². The van der Waals surface area contributed by atoms with Crippen molar-refractivity contribution >= 4 is 29.2 Å². The normalized spacial score (nSPS) is 12.8. The van der Waals surface area contributed by atoms with Crippen molar-refractivity contribution in [1.82, 2.24) is 4.90 Å². The summed E-state index contributed by atoms with van der Waals surface area (Å²) >= 11 is 0. The SMILES string of the molecule is O=C(O)CCN(Cc1cccc(-c2ccc(N3CCOCC3)c(NC(=O)COc3ccccc3)c2)c1)C(=O)c1ccccc1. The Morgan fingerprint density at radius 1 is 0.841 bits per heavy atom. The number of benzene rings is 4. The average molecular weight is 594 g/mol. The molecule has 2 amide bonds. The third-order valence-corrected chi connectivity index (χ3v) is 7.27. The molecule has 1 aliphatic rings. The van der Waals surface area contributed by atoms with Crippen molar-refractivity contribution in [2.45, 2.75) is 13.0 Å². The number of carboxylic acids is 1. The second-order valence-electron chi connectivity index (χ2n) is 10.4. The number of carboxylic acid groups (broad SMARTS) is 1. The van der Waals surface area contributed by atoms with Gasteiger partial charge in [0.15, 0.2) is 6.61 Å². The standard InChI is InChI=1S/C35H35N3O6/c39-33(25-44-30-12-5-2-6-13-30)36-31-23-29(14-15-32(31)37-18-20-43-21-19-37)28-11-7-8-26(22-28)24-38(17-16-34(40)41)35(42)27-9-3-1-4-10-27/h1-15,22-23H,16-21,24-25H2,(H,36,39)(H,40,41). The summed E-state index contributed by atoms with van der Waals surface area (Å²) in [4.78, 5) is 41.3. The molecule has 0 atom stereocenters. The van der Waals surface area contributed by atoms with Gasteiger partial charge in [-0.25, -0.2) is 0 Å². The first kappa shape index (κ1) is 30.3. The van der Waals surface area contributed by atoms with Crippen molar-refractivity contribution in [2.75, 3.05) is 49.7 Å². The fourth-order valence-corrected chi connectivity index (χ4v) is 5.06. The summed E-state index contributed by atoms with van der Waals surface area (Å²) in [5, 5.41) is 12.3. The number of aliphatic carboxylic acids is 1. The zero-order valence-electron chi connectivity index (χ0n) is 24.4. The highest BCUT2D eigenvalue weighted by atomic mass is 16.5. The molecule has 0 aromatic heterocycles. The van der Waals surface area contributed by atoms with Crippen LogP contribution in [0.1, 0.15) is 22.3 Å². The Morgan fingerprint density at radius 3 is 2.27 bits per heavy atom. The highest BCUT2D eigenvalue weighted by molar-refractivity contribution is 5.97. The van der Waals surface area contributed by atoms with Gasteiger partial charge in [-0.1, -0.05) is 60.7 Å². The van der Waals surface area contributed by atoms with Crippen LogP contribution in [0, 0.1) is 0 Å². The summed E-state index contributed by atoms with van der Waals surface area (Å²) in [6.45, 7) is 2.83. The van der Waals surface area contributed by atoms with Gasteiger partial charge in [0.25, 0.3) is 11.8 Å². The molecule has 1 fully saturated rings. The molecule has 1 heterocycles. The number of para-hydroxylation sites is 1. The smallest absolute Gasteiger partial charge is 0.305 e. The Kier molecular flexibility index (Phi) is 10.2.